The van der Waals surface area contributed by atoms with Crippen LogP contribution in [0, 0.1) is 11.3 Å². The van der Waals surface area contributed by atoms with Crippen LogP contribution in [0.5, 0.6) is 0 Å². The zero-order valence-electron chi connectivity index (χ0n) is 11.3. The van der Waals surface area contributed by atoms with E-state index in [-0.39, 0.29) is 0 Å². The number of benzene rings is 1. The Labute approximate surface area is 128 Å². The van der Waals surface area contributed by atoms with Gasteiger partial charge >= 0.3 is 0 Å². The highest BCUT2D eigenvalue weighted by Crippen LogP contribution is 2.34. The zero-order valence-corrected chi connectivity index (χ0v) is 12.8. The van der Waals surface area contributed by atoms with Crippen LogP contribution in [-0.2, 0) is 13.0 Å². The maximum atomic E-state index is 8.88. The first-order valence-electron chi connectivity index (χ1n) is 6.68. The molecule has 2 aromatic rings. The molecular formula is C16H15ClN2S. The molecule has 2 heterocycles. The van der Waals surface area contributed by atoms with E-state index in [1.54, 1.807) is 6.07 Å². The van der Waals surface area contributed by atoms with Crippen molar-refractivity contribution in [1.29, 1.82) is 5.26 Å². The van der Waals surface area contributed by atoms with Crippen molar-refractivity contribution in [2.45, 2.75) is 25.9 Å². The largest absolute Gasteiger partial charge is 0.292 e. The van der Waals surface area contributed by atoms with Crippen LogP contribution in [0.2, 0.25) is 5.02 Å². The summed E-state index contributed by atoms with van der Waals surface area (Å²) in [4.78, 5) is 3.96. The van der Waals surface area contributed by atoms with Gasteiger partial charge in [0.05, 0.1) is 11.6 Å². The van der Waals surface area contributed by atoms with Gasteiger partial charge in [-0.2, -0.15) is 5.26 Å². The Hall–Kier alpha value is -1.34. The van der Waals surface area contributed by atoms with Gasteiger partial charge in [-0.3, -0.25) is 4.90 Å². The van der Waals surface area contributed by atoms with Crippen LogP contribution in [-0.4, -0.2) is 11.4 Å². The molecule has 0 aliphatic carbocycles. The van der Waals surface area contributed by atoms with Gasteiger partial charge in [-0.1, -0.05) is 17.7 Å². The van der Waals surface area contributed by atoms with Gasteiger partial charge in [0.2, 0.25) is 0 Å². The molecular weight excluding hydrogens is 288 g/mol. The van der Waals surface area contributed by atoms with Gasteiger partial charge in [-0.15, -0.1) is 11.3 Å². The molecule has 102 valence electrons. The molecule has 1 aliphatic rings. The molecule has 0 N–H and O–H groups in total. The predicted molar refractivity (Wildman–Crippen MR) is 83.0 cm³/mol. The molecule has 0 bridgehead atoms. The molecule has 1 aromatic carbocycles. The molecule has 4 heteroatoms. The predicted octanol–water partition coefficient (Wildman–Crippen LogP) is 4.39. The van der Waals surface area contributed by atoms with Crippen molar-refractivity contribution in [3.05, 3.63) is 56.2 Å². The number of nitrogens with zero attached hydrogens (tertiary/aromatic N) is 2. The Bertz CT molecular complexity index is 671. The minimum absolute atomic E-state index is 0.428. The van der Waals surface area contributed by atoms with Crippen LogP contribution in [0.15, 0.2) is 29.6 Å². The van der Waals surface area contributed by atoms with Crippen LogP contribution < -0.4 is 0 Å². The molecule has 0 saturated carbocycles. The fourth-order valence-electron chi connectivity index (χ4n) is 2.74. The molecule has 0 amide bonds. The highest BCUT2D eigenvalue weighted by molar-refractivity contribution is 7.10. The Balaban J connectivity index is 1.81. The number of hydrogen-bond donors (Lipinski definition) is 0. The van der Waals surface area contributed by atoms with Gasteiger partial charge in [0.15, 0.2) is 0 Å². The Morgan fingerprint density at radius 3 is 3.05 bits per heavy atom. The van der Waals surface area contributed by atoms with Crippen LogP contribution in [0.3, 0.4) is 0 Å². The van der Waals surface area contributed by atoms with Gasteiger partial charge in [0.1, 0.15) is 0 Å². The first-order chi connectivity index (χ1) is 9.69. The van der Waals surface area contributed by atoms with E-state index >= 15 is 0 Å². The SMILES string of the molecule is CC1c2ccsc2CCN1Cc1ccc(C#N)cc1Cl. The van der Waals surface area contributed by atoms with Crippen molar-refractivity contribution in [2.24, 2.45) is 0 Å². The second-order valence-electron chi connectivity index (χ2n) is 5.11. The minimum atomic E-state index is 0.428. The van der Waals surface area contributed by atoms with Crippen molar-refractivity contribution < 1.29 is 0 Å². The Morgan fingerprint density at radius 2 is 2.30 bits per heavy atom. The third-order valence-corrected chi connectivity index (χ3v) is 5.31. The van der Waals surface area contributed by atoms with E-state index in [1.807, 2.05) is 23.5 Å². The summed E-state index contributed by atoms with van der Waals surface area (Å²) < 4.78 is 0. The van der Waals surface area contributed by atoms with E-state index < -0.39 is 0 Å². The maximum absolute atomic E-state index is 8.88. The summed E-state index contributed by atoms with van der Waals surface area (Å²) >= 11 is 8.14. The number of thiophene rings is 1. The van der Waals surface area contributed by atoms with Crippen molar-refractivity contribution >= 4 is 22.9 Å². The number of nitriles is 1. The number of halogens is 1. The Kier molecular flexibility index (Phi) is 3.80. The fraction of sp³-hybridized carbons (Fsp3) is 0.312. The summed E-state index contributed by atoms with van der Waals surface area (Å²) in [5.41, 5.74) is 3.16. The first-order valence-corrected chi connectivity index (χ1v) is 7.93. The van der Waals surface area contributed by atoms with Crippen molar-refractivity contribution in [1.82, 2.24) is 4.90 Å². The van der Waals surface area contributed by atoms with Gasteiger partial charge in [-0.05, 0) is 48.1 Å². The van der Waals surface area contributed by atoms with Crippen LogP contribution in [0.25, 0.3) is 0 Å². The molecule has 1 aromatic heterocycles. The van der Waals surface area contributed by atoms with E-state index in [9.17, 15) is 0 Å². The van der Waals surface area contributed by atoms with Gasteiger partial charge < -0.3 is 0 Å². The standard InChI is InChI=1S/C16H15ClN2S/c1-11-14-5-7-20-16(14)4-6-19(11)10-13-3-2-12(9-18)8-15(13)17/h2-3,5,7-8,11H,4,6,10H2,1H3. The number of hydrogen-bond acceptors (Lipinski definition) is 3. The fourth-order valence-corrected chi connectivity index (χ4v) is 3.94. The number of fused-ring (bicyclic) bond motifs is 1. The third kappa shape index (κ3) is 2.47. The van der Waals surface area contributed by atoms with Crippen molar-refractivity contribution in [3.63, 3.8) is 0 Å². The highest BCUT2D eigenvalue weighted by Gasteiger charge is 2.25. The van der Waals surface area contributed by atoms with Crippen molar-refractivity contribution in [2.75, 3.05) is 6.54 Å². The average molecular weight is 303 g/mol. The summed E-state index contributed by atoms with van der Waals surface area (Å²) in [6, 6.07) is 10.3. The first kappa shape index (κ1) is 13.6. The smallest absolute Gasteiger partial charge is 0.0992 e. The minimum Gasteiger partial charge on any atom is -0.292 e. The second kappa shape index (κ2) is 5.57. The Morgan fingerprint density at radius 1 is 1.45 bits per heavy atom. The monoisotopic (exact) mass is 302 g/mol. The lowest BCUT2D eigenvalue weighted by molar-refractivity contribution is 0.191. The lowest BCUT2D eigenvalue weighted by Gasteiger charge is -2.33. The van der Waals surface area contributed by atoms with Crippen LogP contribution in [0.1, 0.15) is 34.5 Å². The molecule has 0 saturated heterocycles. The molecule has 20 heavy (non-hydrogen) atoms. The molecule has 3 rings (SSSR count). The zero-order chi connectivity index (χ0) is 14.1. The summed E-state index contributed by atoms with van der Waals surface area (Å²) in [6.07, 6.45) is 1.12. The van der Waals surface area contributed by atoms with Crippen molar-refractivity contribution in [3.8, 4) is 6.07 Å². The van der Waals surface area contributed by atoms with Gasteiger partial charge in [0.25, 0.3) is 0 Å². The summed E-state index contributed by atoms with van der Waals surface area (Å²) in [7, 11) is 0. The van der Waals surface area contributed by atoms with E-state index in [1.165, 1.54) is 10.4 Å². The van der Waals surface area contributed by atoms with Crippen LogP contribution in [0.4, 0.5) is 0 Å². The topological polar surface area (TPSA) is 27.0 Å². The van der Waals surface area contributed by atoms with E-state index in [0.717, 1.165) is 25.1 Å². The summed E-state index contributed by atoms with van der Waals surface area (Å²) in [5.74, 6) is 0. The molecule has 1 atom stereocenters. The maximum Gasteiger partial charge on any atom is 0.0992 e. The summed E-state index contributed by atoms with van der Waals surface area (Å²) in [5, 5.41) is 11.8. The molecule has 2 nitrogen and oxygen atoms in total. The van der Waals surface area contributed by atoms with Crippen LogP contribution >= 0.6 is 22.9 Å². The normalized spacial score (nSPS) is 18.6. The number of rotatable bonds is 2. The molecule has 0 radical (unpaired) electrons. The average Bonchev–Trinajstić information content (AvgIpc) is 2.93. The molecule has 1 unspecified atom stereocenters. The lowest BCUT2D eigenvalue weighted by Crippen LogP contribution is -2.32. The van der Waals surface area contributed by atoms with Gasteiger partial charge in [-0.25, -0.2) is 0 Å². The lowest BCUT2D eigenvalue weighted by atomic mass is 10.0. The van der Waals surface area contributed by atoms with E-state index in [2.05, 4.69) is 29.3 Å². The molecule has 0 spiro atoms. The summed E-state index contributed by atoms with van der Waals surface area (Å²) in [6.45, 7) is 4.15. The van der Waals surface area contributed by atoms with E-state index in [0.29, 0.717) is 16.6 Å². The molecule has 1 aliphatic heterocycles. The quantitative estimate of drug-likeness (QED) is 0.822. The van der Waals surface area contributed by atoms with Gasteiger partial charge in [0, 0.05) is 29.0 Å². The third-order valence-electron chi connectivity index (χ3n) is 3.96. The molecule has 0 fully saturated rings. The van der Waals surface area contributed by atoms with E-state index in [4.69, 9.17) is 16.9 Å². The second-order valence-corrected chi connectivity index (χ2v) is 6.52. The highest BCUT2D eigenvalue weighted by atomic mass is 35.5.